The summed E-state index contributed by atoms with van der Waals surface area (Å²) in [5.74, 6) is -0.0515. The molecule has 5 heteroatoms. The molecule has 144 valence electrons. The third kappa shape index (κ3) is 5.84. The van der Waals surface area contributed by atoms with Crippen molar-refractivity contribution in [3.05, 3.63) is 35.9 Å². The first kappa shape index (κ1) is 20.4. The Balaban J connectivity index is 1.97. The van der Waals surface area contributed by atoms with Gasteiger partial charge in [-0.15, -0.1) is 0 Å². The van der Waals surface area contributed by atoms with E-state index in [1.165, 1.54) is 0 Å². The van der Waals surface area contributed by atoms with E-state index in [1.54, 1.807) is 4.90 Å². The van der Waals surface area contributed by atoms with Gasteiger partial charge in [-0.25, -0.2) is 0 Å². The van der Waals surface area contributed by atoms with Gasteiger partial charge in [-0.1, -0.05) is 57.0 Å². The van der Waals surface area contributed by atoms with Crippen LogP contribution in [-0.2, 0) is 9.59 Å². The number of hydrogen-bond donors (Lipinski definition) is 2. The van der Waals surface area contributed by atoms with E-state index >= 15 is 0 Å². The molecule has 2 rings (SSSR count). The molecule has 1 heterocycles. The van der Waals surface area contributed by atoms with Gasteiger partial charge in [-0.05, 0) is 23.8 Å². The second-order valence-electron chi connectivity index (χ2n) is 7.89. The lowest BCUT2D eigenvalue weighted by Crippen LogP contribution is -2.44. The first-order chi connectivity index (χ1) is 12.4. The van der Waals surface area contributed by atoms with Crippen LogP contribution >= 0.6 is 0 Å². The molecule has 0 spiro atoms. The van der Waals surface area contributed by atoms with Crippen molar-refractivity contribution in [2.75, 3.05) is 26.2 Å². The van der Waals surface area contributed by atoms with Gasteiger partial charge >= 0.3 is 0 Å². The number of carbonyl (C=O) groups excluding carboxylic acids is 2. The molecule has 1 fully saturated rings. The van der Waals surface area contributed by atoms with Crippen molar-refractivity contribution in [3.63, 3.8) is 0 Å². The van der Waals surface area contributed by atoms with Gasteiger partial charge in [0.2, 0.25) is 11.8 Å². The summed E-state index contributed by atoms with van der Waals surface area (Å²) in [7, 11) is 0. The summed E-state index contributed by atoms with van der Waals surface area (Å²) in [6.45, 7) is 5.26. The number of nitrogens with zero attached hydrogens (tertiary/aromatic N) is 1. The van der Waals surface area contributed by atoms with E-state index in [9.17, 15) is 14.7 Å². The van der Waals surface area contributed by atoms with Crippen molar-refractivity contribution < 1.29 is 14.7 Å². The second-order valence-corrected chi connectivity index (χ2v) is 7.89. The third-order valence-corrected chi connectivity index (χ3v) is 5.31. The summed E-state index contributed by atoms with van der Waals surface area (Å²) in [4.78, 5) is 26.3. The summed E-state index contributed by atoms with van der Waals surface area (Å²) in [6.07, 6.45) is 4.63. The van der Waals surface area contributed by atoms with Crippen LogP contribution < -0.4 is 5.32 Å². The number of aliphatic hydroxyl groups excluding tert-OH is 1. The van der Waals surface area contributed by atoms with Crippen LogP contribution in [0.25, 0.3) is 0 Å². The van der Waals surface area contributed by atoms with Crippen LogP contribution in [0.15, 0.2) is 30.3 Å². The number of nitrogens with one attached hydrogen (secondary N) is 1. The van der Waals surface area contributed by atoms with Crippen molar-refractivity contribution in [1.29, 1.82) is 0 Å². The highest BCUT2D eigenvalue weighted by Crippen LogP contribution is 2.34. The van der Waals surface area contributed by atoms with E-state index in [-0.39, 0.29) is 36.3 Å². The second kappa shape index (κ2) is 9.72. The lowest BCUT2D eigenvalue weighted by Gasteiger charge is -2.33. The molecule has 1 aromatic rings. The lowest BCUT2D eigenvalue weighted by molar-refractivity contribution is -0.136. The molecular weight excluding hydrogens is 328 g/mol. The van der Waals surface area contributed by atoms with Gasteiger partial charge in [0.15, 0.2) is 0 Å². The zero-order valence-electron chi connectivity index (χ0n) is 16.0. The first-order valence-corrected chi connectivity index (χ1v) is 9.64. The fourth-order valence-electron chi connectivity index (χ4n) is 3.47. The normalized spacial score (nSPS) is 17.3. The van der Waals surface area contributed by atoms with Crippen LogP contribution in [0.3, 0.4) is 0 Å². The average molecular weight is 360 g/mol. The number of hydrogen-bond acceptors (Lipinski definition) is 3. The summed E-state index contributed by atoms with van der Waals surface area (Å²) in [5.41, 5.74) is 0.736. The molecule has 0 bridgehead atoms. The van der Waals surface area contributed by atoms with Crippen molar-refractivity contribution in [3.8, 4) is 0 Å². The number of likely N-dealkylation sites (tertiary alicyclic amines) is 1. The molecule has 2 amide bonds. The Morgan fingerprint density at radius 3 is 2.58 bits per heavy atom. The number of carbonyl (C=O) groups is 2. The van der Waals surface area contributed by atoms with Gasteiger partial charge in [0.1, 0.15) is 0 Å². The molecule has 0 unspecified atom stereocenters. The molecule has 26 heavy (non-hydrogen) atoms. The highest BCUT2D eigenvalue weighted by atomic mass is 16.3. The van der Waals surface area contributed by atoms with Gasteiger partial charge < -0.3 is 15.3 Å². The van der Waals surface area contributed by atoms with Crippen LogP contribution in [0, 0.1) is 5.41 Å². The highest BCUT2D eigenvalue weighted by Gasteiger charge is 2.30. The van der Waals surface area contributed by atoms with Gasteiger partial charge in [0.25, 0.3) is 0 Å². The van der Waals surface area contributed by atoms with Crippen molar-refractivity contribution in [2.45, 2.75) is 51.9 Å². The Hall–Kier alpha value is -1.88. The monoisotopic (exact) mass is 360 g/mol. The van der Waals surface area contributed by atoms with Crippen LogP contribution in [-0.4, -0.2) is 48.1 Å². The molecular formula is C21H32N2O3. The molecule has 1 aliphatic heterocycles. The minimum Gasteiger partial charge on any atom is -0.396 e. The number of rotatable bonds is 7. The molecule has 1 atom stereocenters. The lowest BCUT2D eigenvalue weighted by atomic mass is 9.75. The summed E-state index contributed by atoms with van der Waals surface area (Å²) in [5, 5.41) is 12.8. The Bertz CT molecular complexity index is 586. The van der Waals surface area contributed by atoms with E-state index in [2.05, 4.69) is 5.32 Å². The van der Waals surface area contributed by atoms with Gasteiger partial charge in [0, 0.05) is 32.0 Å². The fourth-order valence-corrected chi connectivity index (χ4v) is 3.47. The van der Waals surface area contributed by atoms with Crippen LogP contribution in [0.1, 0.15) is 57.4 Å². The zero-order chi connectivity index (χ0) is 19.0. The Morgan fingerprint density at radius 1 is 1.19 bits per heavy atom. The molecule has 0 radical (unpaired) electrons. The Labute approximate surface area is 156 Å². The van der Waals surface area contributed by atoms with Gasteiger partial charge in [-0.2, -0.15) is 0 Å². The molecule has 0 aromatic heterocycles. The van der Waals surface area contributed by atoms with Crippen LogP contribution in [0.2, 0.25) is 0 Å². The summed E-state index contributed by atoms with van der Waals surface area (Å²) < 4.78 is 0. The average Bonchev–Trinajstić information content (AvgIpc) is 2.62. The number of amides is 2. The SMILES string of the molecule is CC(C)(CO)[C@@H](CNC(=O)CN1CCCCCCC1=O)c1ccccc1. The maximum absolute atomic E-state index is 12.4. The van der Waals surface area contributed by atoms with E-state index in [4.69, 9.17) is 0 Å². The smallest absolute Gasteiger partial charge is 0.239 e. The number of aliphatic hydroxyl groups is 1. The molecule has 2 N–H and O–H groups in total. The van der Waals surface area contributed by atoms with Gasteiger partial charge in [-0.3, -0.25) is 9.59 Å². The molecule has 5 nitrogen and oxygen atoms in total. The first-order valence-electron chi connectivity index (χ1n) is 9.64. The fraction of sp³-hybridized carbons (Fsp3) is 0.619. The quantitative estimate of drug-likeness (QED) is 0.785. The standard InChI is InChI=1S/C21H32N2O3/c1-21(2,16-24)18(17-10-6-5-7-11-17)14-22-19(25)15-23-13-9-4-3-8-12-20(23)26/h5-7,10-11,18,24H,3-4,8-9,12-16H2,1-2H3,(H,22,25)/t18-/m0/s1. The minimum absolute atomic E-state index is 0.000634. The maximum Gasteiger partial charge on any atom is 0.239 e. The van der Waals surface area contributed by atoms with E-state index in [1.807, 2.05) is 44.2 Å². The Morgan fingerprint density at radius 2 is 1.88 bits per heavy atom. The molecule has 0 saturated carbocycles. The molecule has 1 aliphatic rings. The van der Waals surface area contributed by atoms with E-state index < -0.39 is 0 Å². The zero-order valence-corrected chi connectivity index (χ0v) is 16.0. The topological polar surface area (TPSA) is 69.6 Å². The summed E-state index contributed by atoms with van der Waals surface area (Å²) in [6, 6.07) is 9.94. The summed E-state index contributed by atoms with van der Waals surface area (Å²) >= 11 is 0. The third-order valence-electron chi connectivity index (χ3n) is 5.31. The molecule has 1 aromatic carbocycles. The highest BCUT2D eigenvalue weighted by molar-refractivity contribution is 5.84. The predicted molar refractivity (Wildman–Crippen MR) is 103 cm³/mol. The number of benzene rings is 1. The van der Waals surface area contributed by atoms with Crippen molar-refractivity contribution in [1.82, 2.24) is 10.2 Å². The maximum atomic E-state index is 12.4. The van der Waals surface area contributed by atoms with Crippen molar-refractivity contribution in [2.24, 2.45) is 5.41 Å². The van der Waals surface area contributed by atoms with Crippen LogP contribution in [0.5, 0.6) is 0 Å². The molecule has 0 aliphatic carbocycles. The molecule has 1 saturated heterocycles. The van der Waals surface area contributed by atoms with Gasteiger partial charge in [0.05, 0.1) is 6.54 Å². The van der Waals surface area contributed by atoms with E-state index in [0.29, 0.717) is 19.5 Å². The Kier molecular flexibility index (Phi) is 7.64. The largest absolute Gasteiger partial charge is 0.396 e. The van der Waals surface area contributed by atoms with Crippen LogP contribution in [0.4, 0.5) is 0 Å². The minimum atomic E-state index is -0.356. The van der Waals surface area contributed by atoms with Crippen molar-refractivity contribution >= 4 is 11.8 Å². The van der Waals surface area contributed by atoms with E-state index in [0.717, 1.165) is 31.2 Å². The predicted octanol–water partition coefficient (Wildman–Crippen LogP) is 2.70.